The molecule has 0 saturated carbocycles. The Labute approximate surface area is 619 Å². The van der Waals surface area contributed by atoms with Crippen LogP contribution in [0.3, 0.4) is 0 Å². The minimum absolute atomic E-state index is 0. The summed E-state index contributed by atoms with van der Waals surface area (Å²) in [6.07, 6.45) is 4.72. The number of carbonyl (C=O) groups is 5. The standard InChI is InChI=1S/C26H32N4O3.C22H26N4O.C16H14N2O2.C10H20N2O2.2CH4.BH2.ClH.U/c1-18-27-22-7-5-6-8-23(22)30(18)17-19-9-11-20(12-10-19)24(31)28-21-13-15-29(16-14-21)25(32)33-26(2,3)4;1-16-24-20-5-3-4-6-21(20)26(16)15-17-7-9-18(10-8-17)22(27)25(2)19-11-13-23-14-12-19;1-11-17-14-4-2-3-5-15(14)18(11)10-12-6-8-13(9-7-12)16(19)20;1-10(2,3)14-9(13)12-6-4-8(11)5-7-12;;;;;/h5-12,21H,13-17H2,1-4H3,(H,28,31);3-10,19,23H,11-15H2,1-2H3;2-9H,10H2,1H3,(H,19,20);8H,4-7,11H2,1-3H3;2*1H4;1H2;1H;/i;;;;;;1T2;;. The number of halogens is 1. The number of benzene rings is 6. The summed E-state index contributed by atoms with van der Waals surface area (Å²) >= 11 is 0. The van der Waals surface area contributed by atoms with Crippen LogP contribution in [0, 0.1) is 51.9 Å². The van der Waals surface area contributed by atoms with E-state index in [-0.39, 0.29) is 94.5 Å². The van der Waals surface area contributed by atoms with Crippen LogP contribution in [0.25, 0.3) is 33.1 Å². The monoisotopic (exact) mass is 1600 g/mol. The fourth-order valence-electron chi connectivity index (χ4n) is 11.8. The molecule has 6 aromatic carbocycles. The predicted molar refractivity (Wildman–Crippen MR) is 398 cm³/mol. The topological polar surface area (TPSA) is 237 Å². The van der Waals surface area contributed by atoms with Crippen LogP contribution in [0.5, 0.6) is 0 Å². The number of amides is 4. The third-order valence-corrected chi connectivity index (χ3v) is 17.0. The van der Waals surface area contributed by atoms with Crippen molar-refractivity contribution in [2.75, 3.05) is 46.3 Å². The number of aromatic nitrogens is 6. The SMILES string of the molecule is C.C.CC(C)(C)OC(=O)N1CCC(N)CC1.Cc1nc2ccccc2n1Cc1ccc(C(=O)N(C)C2CCNCC2)cc1.Cc1nc2ccccc2n1Cc1ccc(C(=O)NC2CCN(C(=O)OC(C)(C)C)CC2)cc1.Cc1nc2ccccc2n1Cc1ccc(C(=O)O)cc1.Cl.[3H][B][3H].[U]. The zero-order valence-electron chi connectivity index (χ0n) is 59.6. The Hall–Kier alpha value is -7.99. The fourth-order valence-corrected chi connectivity index (χ4v) is 11.8. The van der Waals surface area contributed by atoms with Gasteiger partial charge in [0.15, 0.2) is 0 Å². The molecule has 99 heavy (non-hydrogen) atoms. The van der Waals surface area contributed by atoms with Gasteiger partial charge in [-0.15, -0.1) is 12.4 Å². The van der Waals surface area contributed by atoms with Gasteiger partial charge in [-0.05, 0) is 206 Å². The molecular formula is C76H103BClN12O8U. The molecule has 23 heteroatoms. The van der Waals surface area contributed by atoms with E-state index >= 15 is 0 Å². The van der Waals surface area contributed by atoms with E-state index in [0.29, 0.717) is 51.7 Å². The zero-order valence-corrected chi connectivity index (χ0v) is 62.6. The Bertz CT molecular complexity index is 4080. The molecule has 0 unspecified atom stereocenters. The molecule has 1 radical (unpaired) electrons. The summed E-state index contributed by atoms with van der Waals surface area (Å²) in [5, 5.41) is 15.4. The summed E-state index contributed by atoms with van der Waals surface area (Å²) < 4.78 is 28.7. The first kappa shape index (κ1) is 80.0. The number of rotatable bonds is 11. The Balaban J connectivity index is 0.000000289. The van der Waals surface area contributed by atoms with Crippen molar-refractivity contribution < 1.29 is 69.7 Å². The van der Waals surface area contributed by atoms with Gasteiger partial charge in [-0.25, -0.2) is 29.3 Å². The number of aromatic carboxylic acids is 1. The molecule has 3 aromatic heterocycles. The minimum Gasteiger partial charge on any atom is -0.478 e. The number of nitrogens with zero attached hydrogens (tertiary/aromatic N) is 9. The largest absolute Gasteiger partial charge is 0.478 e. The number of ether oxygens (including phenoxy) is 2. The van der Waals surface area contributed by atoms with Crippen LogP contribution in [-0.4, -0.2) is 165 Å². The number of fused-ring (bicyclic) bond motifs is 3. The average molecular weight is 1600 g/mol. The first-order chi connectivity index (χ1) is 46.3. The van der Waals surface area contributed by atoms with Crippen molar-refractivity contribution in [3.8, 4) is 0 Å². The van der Waals surface area contributed by atoms with Gasteiger partial charge in [0.05, 0.1) is 47.0 Å². The Kier molecular flexibility index (Phi) is 30.7. The maximum Gasteiger partial charge on any atom is 0.410 e. The number of carboxylic acids is 1. The maximum absolute atomic E-state index is 12.8. The van der Waals surface area contributed by atoms with Crippen LogP contribution < -0.4 is 16.4 Å². The van der Waals surface area contributed by atoms with Gasteiger partial charge in [-0.2, -0.15) is 0 Å². The van der Waals surface area contributed by atoms with Crippen LogP contribution in [0.1, 0.15) is 160 Å². The van der Waals surface area contributed by atoms with Crippen molar-refractivity contribution >= 4 is 83.8 Å². The molecule has 12 rings (SSSR count). The van der Waals surface area contributed by atoms with Gasteiger partial charge in [0, 0.05) is 113 Å². The number of nitrogens with one attached hydrogen (secondary N) is 2. The van der Waals surface area contributed by atoms with Crippen molar-refractivity contribution in [2.24, 2.45) is 5.73 Å². The van der Waals surface area contributed by atoms with Gasteiger partial charge >= 0.3 is 18.2 Å². The fraction of sp³-hybridized carbons (Fsp3) is 0.421. The van der Waals surface area contributed by atoms with Crippen molar-refractivity contribution in [3.05, 3.63) is 196 Å². The minimum atomic E-state index is -0.902. The number of likely N-dealkylation sites (tertiary alicyclic amines) is 2. The molecule has 0 bridgehead atoms. The average Bonchev–Trinajstić information content (AvgIpc) is 1.68. The number of hydrogen-bond donors (Lipinski definition) is 4. The second kappa shape index (κ2) is 38.0. The molecule has 6 heterocycles. The first-order valence-electron chi connectivity index (χ1n) is 33.8. The zero-order chi connectivity index (χ0) is 70.0. The molecule has 3 fully saturated rings. The number of carbonyl (C=O) groups excluding carboxylic acids is 4. The Morgan fingerprint density at radius 2 is 0.899 bits per heavy atom. The van der Waals surface area contributed by atoms with E-state index in [4.69, 9.17) is 23.0 Å². The molecule has 4 amide bonds. The molecule has 0 atom stereocenters. The van der Waals surface area contributed by atoms with E-state index in [1.165, 1.54) is 5.56 Å². The third-order valence-electron chi connectivity index (χ3n) is 17.0. The summed E-state index contributed by atoms with van der Waals surface area (Å²) in [6.45, 7) is 24.0. The van der Waals surface area contributed by atoms with Crippen LogP contribution >= 0.6 is 12.4 Å². The number of hydrogen-bond acceptors (Lipinski definition) is 12. The van der Waals surface area contributed by atoms with Gasteiger partial charge < -0.3 is 59.3 Å². The quantitative estimate of drug-likeness (QED) is 0.0883. The molecule has 529 valence electrons. The summed E-state index contributed by atoms with van der Waals surface area (Å²) in [4.78, 5) is 79.3. The van der Waals surface area contributed by atoms with Crippen LogP contribution in [0.15, 0.2) is 146 Å². The molecule has 9 aromatic rings. The summed E-state index contributed by atoms with van der Waals surface area (Å²) in [5.41, 5.74) is 16.2. The van der Waals surface area contributed by atoms with Crippen molar-refractivity contribution in [1.82, 2.24) is 54.0 Å². The maximum atomic E-state index is 12.8. The second-order valence-electron chi connectivity index (χ2n) is 26.5. The predicted octanol–water partition coefficient (Wildman–Crippen LogP) is 13.0. The van der Waals surface area contributed by atoms with Gasteiger partial charge in [-0.1, -0.05) is 87.6 Å². The van der Waals surface area contributed by atoms with E-state index in [9.17, 15) is 24.0 Å². The summed E-state index contributed by atoms with van der Waals surface area (Å²) in [6, 6.07) is 47.6. The normalized spacial score (nSPS) is 14.3. The number of carboxylic acid groups (broad SMARTS) is 1. The summed E-state index contributed by atoms with van der Waals surface area (Å²) in [7, 11) is 2.42. The van der Waals surface area contributed by atoms with Crippen LogP contribution in [-0.2, 0) is 29.1 Å². The molecule has 20 nitrogen and oxygen atoms in total. The van der Waals surface area contributed by atoms with Crippen molar-refractivity contribution in [2.45, 2.75) is 165 Å². The van der Waals surface area contributed by atoms with Gasteiger partial charge in [0.1, 0.15) is 28.7 Å². The Morgan fingerprint density at radius 3 is 1.25 bits per heavy atom. The van der Waals surface area contributed by atoms with Crippen molar-refractivity contribution in [1.29, 1.82) is 2.67 Å². The number of para-hydroxylation sites is 6. The Morgan fingerprint density at radius 1 is 0.566 bits per heavy atom. The van der Waals surface area contributed by atoms with E-state index in [1.54, 1.807) is 21.9 Å². The van der Waals surface area contributed by atoms with Gasteiger partial charge in [0.2, 0.25) is 0 Å². The van der Waals surface area contributed by atoms with Crippen LogP contribution in [0.4, 0.5) is 9.59 Å². The summed E-state index contributed by atoms with van der Waals surface area (Å²) in [5.74, 6) is 2.05. The third kappa shape index (κ3) is 23.3. The van der Waals surface area contributed by atoms with E-state index in [1.807, 2.05) is 183 Å². The molecule has 3 saturated heterocycles. The van der Waals surface area contributed by atoms with Gasteiger partial charge in [0.25, 0.3) is 11.8 Å². The smallest absolute Gasteiger partial charge is 0.410 e. The molecule has 3 aliphatic heterocycles. The van der Waals surface area contributed by atoms with Crippen LogP contribution in [0.2, 0.25) is 0 Å². The van der Waals surface area contributed by atoms with Crippen molar-refractivity contribution in [3.63, 3.8) is 0 Å². The molecule has 3 aliphatic rings. The molecular weight excluding hydrogens is 1490 g/mol. The number of nitrogens with two attached hydrogens (primary N) is 1. The second-order valence-corrected chi connectivity index (χ2v) is 26.5. The number of imidazole rings is 3. The number of aryl methyl sites for hydroxylation is 3. The van der Waals surface area contributed by atoms with E-state index < -0.39 is 17.2 Å². The number of piperidine rings is 3. The first-order valence-corrected chi connectivity index (χ1v) is 32.6. The van der Waals surface area contributed by atoms with Gasteiger partial charge in [-0.3, -0.25) is 9.59 Å². The molecule has 0 spiro atoms. The van der Waals surface area contributed by atoms with E-state index in [0.717, 1.165) is 139 Å². The molecule has 5 N–H and O–H groups in total. The molecule has 0 aliphatic carbocycles. The van der Waals surface area contributed by atoms with E-state index in [2.05, 4.69) is 63.6 Å².